The normalized spacial score (nSPS) is 19.7. The van der Waals surface area contributed by atoms with Crippen LogP contribution in [0.15, 0.2) is 84.3 Å². The molecule has 11 nitrogen and oxygen atoms in total. The molecule has 2 aliphatic rings. The molecule has 0 unspecified atom stereocenters. The first-order valence-electron chi connectivity index (χ1n) is 11.7. The zero-order valence-corrected chi connectivity index (χ0v) is 20.5. The number of aliphatic carboxylic acids is 1. The molecule has 2 atom stereocenters. The third kappa shape index (κ3) is 6.12. The Balaban J connectivity index is 1.49. The number of ether oxygens (including phenoxy) is 4. The lowest BCUT2D eigenvalue weighted by molar-refractivity contribution is -0.142. The fraction of sp³-hybridized carbons (Fsp3) is 0.259. The van der Waals surface area contributed by atoms with Gasteiger partial charge in [-0.25, -0.2) is 24.1 Å². The van der Waals surface area contributed by atoms with E-state index in [1.807, 2.05) is 12.1 Å². The summed E-state index contributed by atoms with van der Waals surface area (Å²) in [6.07, 6.45) is 0.291. The van der Waals surface area contributed by atoms with Gasteiger partial charge in [0.15, 0.2) is 12.3 Å². The Morgan fingerprint density at radius 2 is 1.53 bits per heavy atom. The van der Waals surface area contributed by atoms with Crippen molar-refractivity contribution in [2.45, 2.75) is 31.9 Å². The Bertz CT molecular complexity index is 1190. The van der Waals surface area contributed by atoms with Crippen LogP contribution in [0.2, 0.25) is 0 Å². The smallest absolute Gasteiger partial charge is 0.419 e. The molecule has 38 heavy (non-hydrogen) atoms. The number of carboxylic acids is 1. The summed E-state index contributed by atoms with van der Waals surface area (Å²) in [5, 5.41) is 9.82. The van der Waals surface area contributed by atoms with Gasteiger partial charge in [-0.1, -0.05) is 60.7 Å². The predicted octanol–water partition coefficient (Wildman–Crippen LogP) is 3.42. The van der Waals surface area contributed by atoms with Gasteiger partial charge in [0.1, 0.15) is 19.0 Å². The molecular weight excluding hydrogens is 496 g/mol. The summed E-state index contributed by atoms with van der Waals surface area (Å²) < 4.78 is 21.0. The van der Waals surface area contributed by atoms with E-state index in [2.05, 4.69) is 4.74 Å². The van der Waals surface area contributed by atoms with E-state index in [4.69, 9.17) is 14.2 Å². The van der Waals surface area contributed by atoms with Crippen LogP contribution in [-0.4, -0.2) is 65.0 Å². The fourth-order valence-electron chi connectivity index (χ4n) is 3.97. The van der Waals surface area contributed by atoms with Crippen molar-refractivity contribution in [2.24, 2.45) is 0 Å². The van der Waals surface area contributed by atoms with E-state index < -0.39 is 36.4 Å². The predicted molar refractivity (Wildman–Crippen MR) is 131 cm³/mol. The number of amides is 2. The Labute approximate surface area is 218 Å². The van der Waals surface area contributed by atoms with E-state index in [0.29, 0.717) is 12.1 Å². The molecule has 0 radical (unpaired) electrons. The van der Waals surface area contributed by atoms with Gasteiger partial charge in [0.25, 0.3) is 0 Å². The maximum atomic E-state index is 12.9. The highest BCUT2D eigenvalue weighted by molar-refractivity contribution is 5.88. The van der Waals surface area contributed by atoms with Gasteiger partial charge < -0.3 is 29.0 Å². The topological polar surface area (TPSA) is 132 Å². The first-order chi connectivity index (χ1) is 18.4. The number of hydrogen-bond donors (Lipinski definition) is 1. The summed E-state index contributed by atoms with van der Waals surface area (Å²) in [7, 11) is 1.22. The maximum absolute atomic E-state index is 12.9. The van der Waals surface area contributed by atoms with E-state index in [9.17, 15) is 24.3 Å². The van der Waals surface area contributed by atoms with Gasteiger partial charge in [0.05, 0.1) is 13.7 Å². The first-order valence-corrected chi connectivity index (χ1v) is 11.7. The number of esters is 1. The number of carbonyl (C=O) groups is 4. The monoisotopic (exact) mass is 522 g/mol. The molecule has 2 amide bonds. The number of methoxy groups -OCH3 is 1. The minimum atomic E-state index is -1.24. The molecule has 2 fully saturated rings. The molecule has 0 aliphatic carbocycles. The van der Waals surface area contributed by atoms with Crippen molar-refractivity contribution in [2.75, 3.05) is 13.7 Å². The van der Waals surface area contributed by atoms with Crippen molar-refractivity contribution in [1.82, 2.24) is 9.80 Å². The molecular formula is C27H26N2O9. The molecule has 198 valence electrons. The van der Waals surface area contributed by atoms with Crippen LogP contribution in [-0.2, 0) is 41.8 Å². The second-order valence-corrected chi connectivity index (χ2v) is 8.38. The lowest BCUT2D eigenvalue weighted by Crippen LogP contribution is -2.49. The molecule has 0 spiro atoms. The van der Waals surface area contributed by atoms with Crippen LogP contribution in [0.5, 0.6) is 0 Å². The number of nitrogens with zero attached hydrogens (tertiary/aromatic N) is 2. The number of carboxylic acid groups (broad SMARTS) is 1. The number of fused-ring (bicyclic) bond motifs is 1. The van der Waals surface area contributed by atoms with Crippen LogP contribution < -0.4 is 0 Å². The molecule has 0 saturated carbocycles. The zero-order chi connectivity index (χ0) is 27.1. The highest BCUT2D eigenvalue weighted by Gasteiger charge is 2.51. The molecule has 2 aliphatic heterocycles. The summed E-state index contributed by atoms with van der Waals surface area (Å²) in [6, 6.07) is 16.6. The first kappa shape index (κ1) is 26.3. The van der Waals surface area contributed by atoms with Crippen LogP contribution in [0.3, 0.4) is 0 Å². The second-order valence-electron chi connectivity index (χ2n) is 8.38. The molecule has 1 N–H and O–H groups in total. The van der Waals surface area contributed by atoms with Crippen molar-refractivity contribution in [1.29, 1.82) is 0 Å². The second kappa shape index (κ2) is 12.0. The van der Waals surface area contributed by atoms with Gasteiger partial charge in [-0.2, -0.15) is 0 Å². The summed E-state index contributed by atoms with van der Waals surface area (Å²) in [4.78, 5) is 51.6. The third-order valence-electron chi connectivity index (χ3n) is 5.89. The molecule has 2 aromatic carbocycles. The molecule has 0 bridgehead atoms. The fourth-order valence-corrected chi connectivity index (χ4v) is 3.97. The van der Waals surface area contributed by atoms with Crippen molar-refractivity contribution < 1.29 is 43.2 Å². The van der Waals surface area contributed by atoms with E-state index in [0.717, 1.165) is 16.0 Å². The van der Waals surface area contributed by atoms with Gasteiger partial charge in [0, 0.05) is 18.2 Å². The number of carbonyl (C=O) groups excluding carboxylic acids is 3. The van der Waals surface area contributed by atoms with Crippen molar-refractivity contribution in [3.63, 3.8) is 0 Å². The third-order valence-corrected chi connectivity index (χ3v) is 5.89. The standard InChI is InChI=1S/C27H26N2O9/c1-35-23(30)15-20-14-22-29(20)24(25(31)32)21(38-22)12-13-28(26(33)36-16-18-8-4-2-5-9-18)27(34)37-17-19-10-6-3-7-11-19/h2-12,15,22,24H,13-14,16-17H2,1H3,(H,31,32)/b20-15-,21-12-/t22-,24-/m1/s1. The quantitative estimate of drug-likeness (QED) is 0.312. The number of hydrogen-bond acceptors (Lipinski definition) is 9. The SMILES string of the molecule is COC(=O)/C=C1/C[C@H]2O/C(=C\CN(C(=O)OCc3ccccc3)C(=O)OCc3ccccc3)[C@H](C(=O)O)N12. The molecule has 2 saturated heterocycles. The van der Waals surface area contributed by atoms with Crippen LogP contribution in [0.1, 0.15) is 17.5 Å². The van der Waals surface area contributed by atoms with E-state index in [1.54, 1.807) is 48.5 Å². The maximum Gasteiger partial charge on any atom is 0.419 e. The van der Waals surface area contributed by atoms with Gasteiger partial charge >= 0.3 is 24.1 Å². The minimum Gasteiger partial charge on any atom is -0.479 e. The molecule has 11 heteroatoms. The lowest BCUT2D eigenvalue weighted by Gasteiger charge is -2.38. The van der Waals surface area contributed by atoms with Crippen LogP contribution in [0.4, 0.5) is 9.59 Å². The summed E-state index contributed by atoms with van der Waals surface area (Å²) >= 11 is 0. The van der Waals surface area contributed by atoms with Crippen LogP contribution in [0, 0.1) is 0 Å². The van der Waals surface area contributed by atoms with Crippen LogP contribution >= 0.6 is 0 Å². The number of benzene rings is 2. The highest BCUT2D eigenvalue weighted by Crippen LogP contribution is 2.42. The summed E-state index contributed by atoms with van der Waals surface area (Å²) in [5.74, 6) is -1.82. The van der Waals surface area contributed by atoms with Gasteiger partial charge in [0.2, 0.25) is 0 Å². The van der Waals surface area contributed by atoms with Crippen LogP contribution in [0.25, 0.3) is 0 Å². The Morgan fingerprint density at radius 3 is 2.03 bits per heavy atom. The number of rotatable bonds is 8. The molecule has 2 heterocycles. The van der Waals surface area contributed by atoms with E-state index >= 15 is 0 Å². The van der Waals surface area contributed by atoms with E-state index in [-0.39, 0.29) is 25.5 Å². The molecule has 2 aromatic rings. The van der Waals surface area contributed by atoms with Crippen molar-refractivity contribution in [3.8, 4) is 0 Å². The van der Waals surface area contributed by atoms with Gasteiger partial charge in [-0.15, -0.1) is 0 Å². The average Bonchev–Trinajstić information content (AvgIpc) is 3.22. The Hall–Kier alpha value is -4.80. The van der Waals surface area contributed by atoms with Gasteiger partial charge in [-0.3, -0.25) is 0 Å². The van der Waals surface area contributed by atoms with Gasteiger partial charge in [-0.05, 0) is 17.2 Å². The van der Waals surface area contributed by atoms with E-state index in [1.165, 1.54) is 24.2 Å². The highest BCUT2D eigenvalue weighted by atomic mass is 16.6. The molecule has 0 aromatic heterocycles. The summed E-state index contributed by atoms with van der Waals surface area (Å²) in [6.45, 7) is -0.522. The zero-order valence-electron chi connectivity index (χ0n) is 20.5. The summed E-state index contributed by atoms with van der Waals surface area (Å²) in [5.41, 5.74) is 1.88. The lowest BCUT2D eigenvalue weighted by atomic mass is 10.0. The molecule has 4 rings (SSSR count). The van der Waals surface area contributed by atoms with Crippen molar-refractivity contribution >= 4 is 24.1 Å². The Kier molecular flexibility index (Phi) is 8.27. The Morgan fingerprint density at radius 1 is 0.974 bits per heavy atom. The average molecular weight is 523 g/mol. The van der Waals surface area contributed by atoms with Crippen molar-refractivity contribution in [3.05, 3.63) is 95.4 Å². The number of imide groups is 1. The minimum absolute atomic E-state index is 0.0208. The largest absolute Gasteiger partial charge is 0.479 e.